The van der Waals surface area contributed by atoms with Crippen molar-refractivity contribution in [2.24, 2.45) is 5.92 Å². The predicted molar refractivity (Wildman–Crippen MR) is 113 cm³/mol. The van der Waals surface area contributed by atoms with Crippen LogP contribution in [-0.4, -0.2) is 22.3 Å². The minimum Gasteiger partial charge on any atom is -0.361 e. The third-order valence-electron chi connectivity index (χ3n) is 6.91. The molecule has 28 heavy (non-hydrogen) atoms. The van der Waals surface area contributed by atoms with Gasteiger partial charge in [-0.15, -0.1) is 0 Å². The van der Waals surface area contributed by atoms with Crippen LogP contribution in [0.4, 0.5) is 5.69 Å². The van der Waals surface area contributed by atoms with Gasteiger partial charge in [-0.05, 0) is 79.5 Å². The smallest absolute Gasteiger partial charge is 0.211 e. The number of aromatic nitrogens is 1. The summed E-state index contributed by atoms with van der Waals surface area (Å²) in [5, 5.41) is 4.11. The standard InChI is InChI=1S/C24H27N3O/c1-15-11-16(2)23-21(9-10-25-23)22(15)13-27-20-8-5-18(12-20)24(27)17-3-6-19(7-4-17)26-14-28/h3-4,6-7,9-11,14,18,20,24-25H,5,8,12-13H2,1-2H3,(H,26,28). The van der Waals surface area contributed by atoms with Crippen LogP contribution in [-0.2, 0) is 11.3 Å². The molecule has 1 saturated carbocycles. The number of hydrogen-bond acceptors (Lipinski definition) is 2. The molecular weight excluding hydrogens is 346 g/mol. The third-order valence-corrected chi connectivity index (χ3v) is 6.91. The highest BCUT2D eigenvalue weighted by Gasteiger charge is 2.46. The molecule has 144 valence electrons. The SMILES string of the molecule is Cc1cc(C)c2[nH]ccc2c1CN1C2CCC(C2)C1c1ccc(NC=O)cc1. The van der Waals surface area contributed by atoms with Crippen molar-refractivity contribution in [3.8, 4) is 0 Å². The Kier molecular flexibility index (Phi) is 4.24. The summed E-state index contributed by atoms with van der Waals surface area (Å²) >= 11 is 0. The monoisotopic (exact) mass is 373 g/mol. The van der Waals surface area contributed by atoms with Gasteiger partial charge in [0.25, 0.3) is 0 Å². The fourth-order valence-electron chi connectivity index (χ4n) is 5.65. The van der Waals surface area contributed by atoms with Crippen molar-refractivity contribution >= 4 is 23.0 Å². The predicted octanol–water partition coefficient (Wildman–Crippen LogP) is 5.08. The van der Waals surface area contributed by atoms with E-state index in [9.17, 15) is 4.79 Å². The lowest BCUT2D eigenvalue weighted by Crippen LogP contribution is -2.35. The van der Waals surface area contributed by atoms with Gasteiger partial charge in [0.05, 0.1) is 0 Å². The van der Waals surface area contributed by atoms with Crippen molar-refractivity contribution < 1.29 is 4.79 Å². The van der Waals surface area contributed by atoms with E-state index in [1.54, 1.807) is 0 Å². The maximum atomic E-state index is 10.7. The highest BCUT2D eigenvalue weighted by Crippen LogP contribution is 2.51. The molecule has 2 aliphatic rings. The number of likely N-dealkylation sites (tertiary alicyclic amines) is 1. The molecule has 3 atom stereocenters. The number of anilines is 1. The summed E-state index contributed by atoms with van der Waals surface area (Å²) in [6.07, 6.45) is 6.74. The number of fused-ring (bicyclic) bond motifs is 3. The molecule has 2 fully saturated rings. The molecule has 1 amide bonds. The van der Waals surface area contributed by atoms with E-state index < -0.39 is 0 Å². The Morgan fingerprint density at radius 2 is 1.96 bits per heavy atom. The van der Waals surface area contributed by atoms with Crippen molar-refractivity contribution in [2.75, 3.05) is 5.32 Å². The zero-order chi connectivity index (χ0) is 19.3. The van der Waals surface area contributed by atoms with E-state index in [0.29, 0.717) is 12.1 Å². The molecule has 1 aliphatic carbocycles. The summed E-state index contributed by atoms with van der Waals surface area (Å²) in [5.41, 5.74) is 7.66. The van der Waals surface area contributed by atoms with Gasteiger partial charge in [0.15, 0.2) is 0 Å². The minimum atomic E-state index is 0.471. The summed E-state index contributed by atoms with van der Waals surface area (Å²) in [4.78, 5) is 16.9. The van der Waals surface area contributed by atoms with Gasteiger partial charge in [-0.25, -0.2) is 0 Å². The normalized spacial score (nSPS) is 24.1. The molecule has 1 aliphatic heterocycles. The summed E-state index contributed by atoms with van der Waals surface area (Å²) in [6.45, 7) is 5.43. The van der Waals surface area contributed by atoms with Gasteiger partial charge in [-0.2, -0.15) is 0 Å². The highest BCUT2D eigenvalue weighted by atomic mass is 16.1. The lowest BCUT2D eigenvalue weighted by molar-refractivity contribution is -0.105. The second kappa shape index (κ2) is 6.78. The Bertz CT molecular complexity index is 1020. The Morgan fingerprint density at radius 3 is 2.75 bits per heavy atom. The van der Waals surface area contributed by atoms with Crippen LogP contribution >= 0.6 is 0 Å². The number of aryl methyl sites for hydroxylation is 2. The summed E-state index contributed by atoms with van der Waals surface area (Å²) in [5.74, 6) is 0.738. The number of piperidine rings is 1. The molecule has 4 nitrogen and oxygen atoms in total. The fourth-order valence-corrected chi connectivity index (χ4v) is 5.65. The van der Waals surface area contributed by atoms with Crippen LogP contribution in [0.25, 0.3) is 10.9 Å². The molecule has 5 rings (SSSR count). The molecule has 2 heterocycles. The van der Waals surface area contributed by atoms with E-state index in [2.05, 4.69) is 59.5 Å². The van der Waals surface area contributed by atoms with Crippen LogP contribution < -0.4 is 5.32 Å². The topological polar surface area (TPSA) is 48.1 Å². The van der Waals surface area contributed by atoms with Crippen LogP contribution in [0.15, 0.2) is 42.6 Å². The summed E-state index contributed by atoms with van der Waals surface area (Å²) in [7, 11) is 0. The van der Waals surface area contributed by atoms with Crippen LogP contribution in [0.1, 0.15) is 47.6 Å². The van der Waals surface area contributed by atoms with E-state index >= 15 is 0 Å². The second-order valence-corrected chi connectivity index (χ2v) is 8.48. The molecule has 3 unspecified atom stereocenters. The molecule has 0 spiro atoms. The Balaban J connectivity index is 1.50. The Morgan fingerprint density at radius 1 is 1.14 bits per heavy atom. The number of rotatable bonds is 5. The first kappa shape index (κ1) is 17.5. The van der Waals surface area contributed by atoms with Crippen molar-refractivity contribution in [3.05, 3.63) is 64.8 Å². The average molecular weight is 374 g/mol. The number of benzene rings is 2. The number of carbonyl (C=O) groups excluding carboxylic acids is 1. The molecule has 2 bridgehead atoms. The minimum absolute atomic E-state index is 0.471. The average Bonchev–Trinajstić information content (AvgIpc) is 3.42. The maximum absolute atomic E-state index is 10.7. The molecule has 2 aromatic carbocycles. The number of H-pyrrole nitrogens is 1. The number of amides is 1. The van der Waals surface area contributed by atoms with E-state index in [0.717, 1.165) is 24.6 Å². The number of carbonyl (C=O) groups is 1. The van der Waals surface area contributed by atoms with E-state index in [1.165, 1.54) is 52.4 Å². The zero-order valence-corrected chi connectivity index (χ0v) is 16.5. The number of nitrogens with one attached hydrogen (secondary N) is 2. The van der Waals surface area contributed by atoms with Crippen LogP contribution in [0.5, 0.6) is 0 Å². The van der Waals surface area contributed by atoms with Gasteiger partial charge >= 0.3 is 0 Å². The number of nitrogens with zero attached hydrogens (tertiary/aromatic N) is 1. The van der Waals surface area contributed by atoms with Gasteiger partial charge in [-0.1, -0.05) is 18.2 Å². The van der Waals surface area contributed by atoms with Gasteiger partial charge in [0.1, 0.15) is 0 Å². The lowest BCUT2D eigenvalue weighted by Gasteiger charge is -2.36. The first-order chi connectivity index (χ1) is 13.7. The molecule has 0 radical (unpaired) electrons. The zero-order valence-electron chi connectivity index (χ0n) is 16.5. The fraction of sp³-hybridized carbons (Fsp3) is 0.375. The lowest BCUT2D eigenvalue weighted by atomic mass is 9.91. The van der Waals surface area contributed by atoms with Crippen molar-refractivity contribution in [3.63, 3.8) is 0 Å². The largest absolute Gasteiger partial charge is 0.361 e. The number of hydrogen-bond donors (Lipinski definition) is 2. The number of aromatic amines is 1. The molecule has 3 aromatic rings. The highest BCUT2D eigenvalue weighted by molar-refractivity contribution is 5.87. The van der Waals surface area contributed by atoms with E-state index in [4.69, 9.17) is 0 Å². The first-order valence-corrected chi connectivity index (χ1v) is 10.3. The van der Waals surface area contributed by atoms with Gasteiger partial charge in [0, 0.05) is 41.4 Å². The van der Waals surface area contributed by atoms with Gasteiger partial charge < -0.3 is 10.3 Å². The summed E-state index contributed by atoms with van der Waals surface area (Å²) < 4.78 is 0. The summed E-state index contributed by atoms with van der Waals surface area (Å²) in [6, 6.07) is 14.1. The van der Waals surface area contributed by atoms with Crippen LogP contribution in [0, 0.1) is 19.8 Å². The van der Waals surface area contributed by atoms with Gasteiger partial charge in [0.2, 0.25) is 6.41 Å². The van der Waals surface area contributed by atoms with Crippen LogP contribution in [0.3, 0.4) is 0 Å². The van der Waals surface area contributed by atoms with Gasteiger partial charge in [-0.3, -0.25) is 9.69 Å². The first-order valence-electron chi connectivity index (χ1n) is 10.3. The van der Waals surface area contributed by atoms with Crippen LogP contribution in [0.2, 0.25) is 0 Å². The maximum Gasteiger partial charge on any atom is 0.211 e. The molecule has 1 saturated heterocycles. The third kappa shape index (κ3) is 2.75. The quantitative estimate of drug-likeness (QED) is 0.613. The molecule has 1 aromatic heterocycles. The van der Waals surface area contributed by atoms with Crippen molar-refractivity contribution in [1.82, 2.24) is 9.88 Å². The molecular formula is C24H27N3O. The second-order valence-electron chi connectivity index (χ2n) is 8.48. The Labute approximate surface area is 165 Å². The Hall–Kier alpha value is -2.59. The van der Waals surface area contributed by atoms with Crippen molar-refractivity contribution in [1.29, 1.82) is 0 Å². The van der Waals surface area contributed by atoms with E-state index in [-0.39, 0.29) is 0 Å². The molecule has 4 heteroatoms. The van der Waals surface area contributed by atoms with E-state index in [1.807, 2.05) is 12.1 Å². The van der Waals surface area contributed by atoms with Crippen molar-refractivity contribution in [2.45, 2.75) is 51.7 Å². The molecule has 2 N–H and O–H groups in total.